The van der Waals surface area contributed by atoms with Crippen LogP contribution in [0.5, 0.6) is 0 Å². The van der Waals surface area contributed by atoms with E-state index in [2.05, 4.69) is 53.4 Å². The fourth-order valence-electron chi connectivity index (χ4n) is 6.38. The van der Waals surface area contributed by atoms with Crippen molar-refractivity contribution in [3.05, 3.63) is 65.7 Å². The molecule has 0 radical (unpaired) electrons. The second-order valence-corrected chi connectivity index (χ2v) is 13.0. The number of hydrogen-bond acceptors (Lipinski definition) is 4. The third-order valence-electron chi connectivity index (χ3n) is 9.02. The van der Waals surface area contributed by atoms with E-state index < -0.39 is 21.6 Å². The van der Waals surface area contributed by atoms with E-state index in [0.717, 1.165) is 43.2 Å². The van der Waals surface area contributed by atoms with Crippen LogP contribution in [0.2, 0.25) is 0 Å². The van der Waals surface area contributed by atoms with Gasteiger partial charge in [0.1, 0.15) is 16.2 Å². The van der Waals surface area contributed by atoms with E-state index in [9.17, 15) is 9.90 Å². The van der Waals surface area contributed by atoms with E-state index in [1.807, 2.05) is 30.3 Å². The van der Waals surface area contributed by atoms with Crippen LogP contribution in [-0.4, -0.2) is 33.4 Å². The Hall–Kier alpha value is -1.14. The first-order valence-electron chi connectivity index (χ1n) is 14.1. The third kappa shape index (κ3) is 6.37. The van der Waals surface area contributed by atoms with Gasteiger partial charge in [-0.2, -0.15) is 0 Å². The highest BCUT2D eigenvalue weighted by Crippen LogP contribution is 2.52. The molecule has 5 heteroatoms. The average molecular weight is 588 g/mol. The van der Waals surface area contributed by atoms with Crippen molar-refractivity contribution < 1.29 is 14.6 Å². The summed E-state index contributed by atoms with van der Waals surface area (Å²) in [6.45, 7) is 2.20. The minimum atomic E-state index is -1.12. The number of aliphatic hydroxyl groups is 1. The highest BCUT2D eigenvalue weighted by atomic mass is 79.9. The summed E-state index contributed by atoms with van der Waals surface area (Å²) in [4.78, 5) is 15.1. The molecule has 0 aromatic heterocycles. The van der Waals surface area contributed by atoms with Crippen LogP contribution in [-0.2, 0) is 21.4 Å². The Bertz CT molecular complexity index is 1010. The summed E-state index contributed by atoms with van der Waals surface area (Å²) < 4.78 is 6.72. The van der Waals surface area contributed by atoms with Crippen LogP contribution < -0.4 is 0 Å². The Morgan fingerprint density at radius 1 is 0.892 bits per heavy atom. The predicted molar refractivity (Wildman–Crippen MR) is 158 cm³/mol. The second kappa shape index (κ2) is 12.8. The maximum Gasteiger partial charge on any atom is 0.169 e. The van der Waals surface area contributed by atoms with Crippen molar-refractivity contribution in [1.82, 2.24) is 0 Å². The van der Waals surface area contributed by atoms with Gasteiger partial charge in [-0.25, -0.2) is 0 Å². The molecule has 1 aliphatic carbocycles. The van der Waals surface area contributed by atoms with E-state index in [1.165, 1.54) is 37.0 Å². The van der Waals surface area contributed by atoms with Gasteiger partial charge in [0.2, 0.25) is 0 Å². The Morgan fingerprint density at radius 3 is 2.08 bits per heavy atom. The molecule has 37 heavy (non-hydrogen) atoms. The summed E-state index contributed by atoms with van der Waals surface area (Å²) in [7, 11) is 0. The fourth-order valence-corrected chi connectivity index (χ4v) is 7.88. The summed E-state index contributed by atoms with van der Waals surface area (Å²) in [5, 5.41) is 11.8. The molecule has 0 amide bonds. The van der Waals surface area contributed by atoms with Gasteiger partial charge in [-0.1, -0.05) is 117 Å². The van der Waals surface area contributed by atoms with Gasteiger partial charge < -0.3 is 9.84 Å². The maximum absolute atomic E-state index is 13.9. The summed E-state index contributed by atoms with van der Waals surface area (Å²) in [6, 6.07) is 18.7. The standard InChI is InChI=1S/C32H43BrO3S/c1-30(26-16-18-27(37-2)19-17-26)20-12-7-5-3-4-6-8-13-21-31(22-23-32(30,35)29(33)36-31)28(34)24-25-14-10-9-11-15-25/h9-11,14-19,29,35H,3-8,12-13,20-24H2,1-2H3. The van der Waals surface area contributed by atoms with Crippen molar-refractivity contribution in [1.29, 1.82) is 0 Å². The molecule has 2 saturated heterocycles. The first-order chi connectivity index (χ1) is 17.8. The number of thioether (sulfide) groups is 1. The number of alkyl halides is 1. The third-order valence-corrected chi connectivity index (χ3v) is 10.7. The van der Waals surface area contributed by atoms with Crippen molar-refractivity contribution in [2.75, 3.05) is 6.26 Å². The predicted octanol–water partition coefficient (Wildman–Crippen LogP) is 8.39. The van der Waals surface area contributed by atoms with E-state index in [1.54, 1.807) is 11.8 Å². The minimum absolute atomic E-state index is 0.139. The molecule has 1 saturated carbocycles. The first-order valence-corrected chi connectivity index (χ1v) is 16.2. The fraction of sp³-hybridized carbons (Fsp3) is 0.594. The monoisotopic (exact) mass is 586 g/mol. The lowest BCUT2D eigenvalue weighted by molar-refractivity contribution is -0.210. The number of ketones is 1. The molecular formula is C32H43BrO3S. The molecule has 4 unspecified atom stereocenters. The zero-order chi connectivity index (χ0) is 26.4. The topological polar surface area (TPSA) is 46.5 Å². The van der Waals surface area contributed by atoms with Crippen molar-refractivity contribution >= 4 is 33.5 Å². The van der Waals surface area contributed by atoms with Crippen molar-refractivity contribution in [2.24, 2.45) is 0 Å². The number of benzene rings is 2. The zero-order valence-corrected chi connectivity index (χ0v) is 24.9. The smallest absolute Gasteiger partial charge is 0.169 e. The van der Waals surface area contributed by atoms with Crippen LogP contribution in [0.15, 0.2) is 59.5 Å². The van der Waals surface area contributed by atoms with Gasteiger partial charge in [-0.05, 0) is 55.2 Å². The Morgan fingerprint density at radius 2 is 1.49 bits per heavy atom. The minimum Gasteiger partial charge on any atom is -0.385 e. The van der Waals surface area contributed by atoms with Crippen molar-refractivity contribution in [2.45, 2.75) is 117 Å². The number of carbonyl (C=O) groups excluding carboxylic acids is 1. The number of fused-ring (bicyclic) bond motifs is 12. The molecule has 1 N–H and O–H groups in total. The van der Waals surface area contributed by atoms with Gasteiger partial charge >= 0.3 is 0 Å². The van der Waals surface area contributed by atoms with E-state index in [4.69, 9.17) is 4.74 Å². The second-order valence-electron chi connectivity index (χ2n) is 11.3. The van der Waals surface area contributed by atoms with Crippen LogP contribution in [0.4, 0.5) is 0 Å². The van der Waals surface area contributed by atoms with Gasteiger partial charge in [-0.3, -0.25) is 4.79 Å². The SMILES string of the molecule is CSc1ccc(C2(C)CCCCCCCCCCC3(C(=O)Cc4ccccc4)CCC2(O)C(Br)O3)cc1. The lowest BCUT2D eigenvalue weighted by Gasteiger charge is -2.54. The van der Waals surface area contributed by atoms with Crippen LogP contribution in [0.1, 0.15) is 95.1 Å². The lowest BCUT2D eigenvalue weighted by atomic mass is 9.62. The van der Waals surface area contributed by atoms with Gasteiger partial charge in [0.15, 0.2) is 5.78 Å². The Labute approximate surface area is 236 Å². The molecule has 4 atom stereocenters. The van der Waals surface area contributed by atoms with Crippen LogP contribution >= 0.6 is 27.7 Å². The summed E-state index contributed by atoms with van der Waals surface area (Å²) in [5.74, 6) is 0.139. The normalized spacial score (nSPS) is 31.8. The van der Waals surface area contributed by atoms with Crippen LogP contribution in [0, 0.1) is 0 Å². The number of Topliss-reactive ketones (excluding diaryl/α,β-unsaturated/α-hetero) is 1. The van der Waals surface area contributed by atoms with Crippen LogP contribution in [0.25, 0.3) is 0 Å². The largest absolute Gasteiger partial charge is 0.385 e. The lowest BCUT2D eigenvalue weighted by Crippen LogP contribution is -2.64. The van der Waals surface area contributed by atoms with E-state index in [0.29, 0.717) is 19.3 Å². The number of carbonyl (C=O) groups is 1. The molecule has 2 aromatic rings. The molecule has 3 fully saturated rings. The van der Waals surface area contributed by atoms with Gasteiger partial charge in [0.05, 0.1) is 0 Å². The number of rotatable bonds is 5. The van der Waals surface area contributed by atoms with Crippen molar-refractivity contribution in [3.63, 3.8) is 0 Å². The van der Waals surface area contributed by atoms with E-state index in [-0.39, 0.29) is 5.78 Å². The summed E-state index contributed by atoms with van der Waals surface area (Å²) in [6.07, 6.45) is 14.5. The molecule has 2 aliphatic heterocycles. The molecular weight excluding hydrogens is 544 g/mol. The molecule has 2 heterocycles. The first kappa shape index (κ1) is 28.9. The molecule has 2 bridgehead atoms. The van der Waals surface area contributed by atoms with E-state index >= 15 is 0 Å². The Kier molecular flexibility index (Phi) is 9.99. The molecule has 0 spiro atoms. The molecule has 2 aromatic carbocycles. The highest BCUT2D eigenvalue weighted by molar-refractivity contribution is 9.09. The van der Waals surface area contributed by atoms with Gasteiger partial charge in [-0.15, -0.1) is 11.8 Å². The summed E-state index contributed by atoms with van der Waals surface area (Å²) in [5.41, 5.74) is -0.308. The van der Waals surface area contributed by atoms with Crippen LogP contribution in [0.3, 0.4) is 0 Å². The molecule has 5 rings (SSSR count). The molecule has 202 valence electrons. The molecule has 3 nitrogen and oxygen atoms in total. The van der Waals surface area contributed by atoms with Gasteiger partial charge in [0.25, 0.3) is 0 Å². The number of ether oxygens (including phenoxy) is 1. The molecule has 3 aliphatic rings. The average Bonchev–Trinajstić information content (AvgIpc) is 2.92. The summed E-state index contributed by atoms with van der Waals surface area (Å²) >= 11 is 5.53. The maximum atomic E-state index is 13.9. The Balaban J connectivity index is 1.67. The van der Waals surface area contributed by atoms with Gasteiger partial charge in [0, 0.05) is 16.7 Å². The quantitative estimate of drug-likeness (QED) is 0.282. The van der Waals surface area contributed by atoms with Crippen molar-refractivity contribution in [3.8, 4) is 0 Å². The highest BCUT2D eigenvalue weighted by Gasteiger charge is 2.59. The zero-order valence-electron chi connectivity index (χ0n) is 22.5. The number of halogens is 1. The number of hydrogen-bond donors (Lipinski definition) is 1.